The van der Waals surface area contributed by atoms with Crippen molar-refractivity contribution in [3.63, 3.8) is 0 Å². The minimum Gasteiger partial charge on any atom is -0.315 e. The number of para-hydroxylation sites is 1. The first kappa shape index (κ1) is 15.7. The fourth-order valence-corrected chi connectivity index (χ4v) is 2.57. The van der Waals surface area contributed by atoms with Gasteiger partial charge in [0.2, 0.25) is 5.91 Å². The lowest BCUT2D eigenvalue weighted by Crippen LogP contribution is -2.33. The van der Waals surface area contributed by atoms with Gasteiger partial charge in [0.25, 0.3) is 11.1 Å². The number of benzene rings is 2. The quantitative estimate of drug-likeness (QED) is 0.795. The Morgan fingerprint density at radius 3 is 2.33 bits per heavy atom. The molecular weight excluding hydrogens is 306 g/mol. The Kier molecular flexibility index (Phi) is 4.29. The second kappa shape index (κ2) is 6.54. The second-order valence-electron chi connectivity index (χ2n) is 5.48. The largest absolute Gasteiger partial charge is 0.315 e. The highest BCUT2D eigenvalue weighted by Crippen LogP contribution is 2.12. The Balaban J connectivity index is 1.81. The number of fused-ring (bicyclic) bond motifs is 1. The van der Waals surface area contributed by atoms with Crippen LogP contribution in [0.5, 0.6) is 0 Å². The SMILES string of the molecule is CN(C(=O)CCn1[nH]c(=O)c2ccccc2c1=O)c1ccccc1. The van der Waals surface area contributed by atoms with Crippen LogP contribution in [0.2, 0.25) is 0 Å². The summed E-state index contributed by atoms with van der Waals surface area (Å²) < 4.78 is 1.20. The van der Waals surface area contributed by atoms with Gasteiger partial charge in [0.15, 0.2) is 0 Å². The molecule has 0 saturated carbocycles. The fourth-order valence-electron chi connectivity index (χ4n) is 2.57. The molecular formula is C18H17N3O3. The first-order valence-corrected chi connectivity index (χ1v) is 7.61. The van der Waals surface area contributed by atoms with Crippen LogP contribution >= 0.6 is 0 Å². The van der Waals surface area contributed by atoms with E-state index < -0.39 is 0 Å². The van der Waals surface area contributed by atoms with E-state index in [4.69, 9.17) is 0 Å². The molecule has 0 radical (unpaired) electrons. The monoisotopic (exact) mass is 323 g/mol. The molecule has 0 aliphatic rings. The number of anilines is 1. The van der Waals surface area contributed by atoms with Crippen molar-refractivity contribution in [2.24, 2.45) is 0 Å². The zero-order valence-electron chi connectivity index (χ0n) is 13.2. The van der Waals surface area contributed by atoms with Crippen molar-refractivity contribution in [3.05, 3.63) is 75.3 Å². The van der Waals surface area contributed by atoms with E-state index in [0.29, 0.717) is 10.8 Å². The summed E-state index contributed by atoms with van der Waals surface area (Å²) in [6, 6.07) is 15.9. The Morgan fingerprint density at radius 2 is 1.62 bits per heavy atom. The number of nitrogens with one attached hydrogen (secondary N) is 1. The van der Waals surface area contributed by atoms with Crippen molar-refractivity contribution in [3.8, 4) is 0 Å². The normalized spacial score (nSPS) is 10.7. The average molecular weight is 323 g/mol. The summed E-state index contributed by atoms with van der Waals surface area (Å²) in [5.74, 6) is -0.137. The predicted molar refractivity (Wildman–Crippen MR) is 93.3 cm³/mol. The maximum absolute atomic E-state index is 12.4. The molecule has 6 heteroatoms. The summed E-state index contributed by atoms with van der Waals surface area (Å²) in [7, 11) is 1.68. The molecule has 1 heterocycles. The van der Waals surface area contributed by atoms with Gasteiger partial charge in [-0.25, -0.2) is 4.68 Å². The number of hydrogen-bond donors (Lipinski definition) is 1. The Labute approximate surface area is 137 Å². The molecule has 0 atom stereocenters. The average Bonchev–Trinajstić information content (AvgIpc) is 2.63. The minimum atomic E-state index is -0.339. The molecule has 0 aliphatic carbocycles. The van der Waals surface area contributed by atoms with E-state index in [9.17, 15) is 14.4 Å². The summed E-state index contributed by atoms with van der Waals surface area (Å²) in [5.41, 5.74) is 0.135. The molecule has 0 spiro atoms. The highest BCUT2D eigenvalue weighted by atomic mass is 16.2. The number of aromatic nitrogens is 2. The first-order valence-electron chi connectivity index (χ1n) is 7.61. The molecule has 1 N–H and O–H groups in total. The third-order valence-electron chi connectivity index (χ3n) is 3.95. The standard InChI is InChI=1S/C18H17N3O3/c1-20(13-7-3-2-4-8-13)16(22)11-12-21-18(24)15-10-6-5-9-14(15)17(23)19-21/h2-10H,11-12H2,1H3,(H,19,23). The molecule has 1 amide bonds. The van der Waals surface area contributed by atoms with E-state index in [0.717, 1.165) is 5.69 Å². The van der Waals surface area contributed by atoms with Gasteiger partial charge >= 0.3 is 0 Å². The number of carbonyl (C=O) groups excluding carboxylic acids is 1. The molecule has 122 valence electrons. The van der Waals surface area contributed by atoms with Crippen molar-refractivity contribution >= 4 is 22.4 Å². The fraction of sp³-hybridized carbons (Fsp3) is 0.167. The van der Waals surface area contributed by atoms with E-state index in [1.807, 2.05) is 30.3 Å². The van der Waals surface area contributed by atoms with Crippen molar-refractivity contribution in [1.82, 2.24) is 9.78 Å². The molecule has 0 aliphatic heterocycles. The Morgan fingerprint density at radius 1 is 1.00 bits per heavy atom. The minimum absolute atomic E-state index is 0.111. The van der Waals surface area contributed by atoms with Gasteiger partial charge in [0.1, 0.15) is 0 Å². The predicted octanol–water partition coefficient (Wildman–Crippen LogP) is 1.74. The molecule has 0 fully saturated rings. The molecule has 6 nitrogen and oxygen atoms in total. The van der Waals surface area contributed by atoms with Gasteiger partial charge in [-0.15, -0.1) is 0 Å². The number of hydrogen-bond acceptors (Lipinski definition) is 3. The van der Waals surface area contributed by atoms with Crippen LogP contribution in [0.1, 0.15) is 6.42 Å². The third-order valence-corrected chi connectivity index (χ3v) is 3.95. The number of amides is 1. The van der Waals surface area contributed by atoms with E-state index in [2.05, 4.69) is 5.10 Å². The maximum atomic E-state index is 12.4. The van der Waals surface area contributed by atoms with Gasteiger partial charge in [-0.1, -0.05) is 30.3 Å². The molecule has 3 rings (SSSR count). The topological polar surface area (TPSA) is 75.2 Å². The smallest absolute Gasteiger partial charge is 0.273 e. The number of carbonyl (C=O) groups is 1. The number of rotatable bonds is 4. The van der Waals surface area contributed by atoms with Crippen LogP contribution in [0.15, 0.2) is 64.2 Å². The molecule has 2 aromatic carbocycles. The van der Waals surface area contributed by atoms with Gasteiger partial charge in [0.05, 0.1) is 17.3 Å². The molecule has 0 unspecified atom stereocenters. The Bertz CT molecular complexity index is 990. The number of nitrogens with zero attached hydrogens (tertiary/aromatic N) is 2. The van der Waals surface area contributed by atoms with Gasteiger partial charge in [0, 0.05) is 19.2 Å². The summed E-state index contributed by atoms with van der Waals surface area (Å²) >= 11 is 0. The molecule has 3 aromatic rings. The summed E-state index contributed by atoms with van der Waals surface area (Å²) in [5, 5.41) is 3.24. The van der Waals surface area contributed by atoms with Gasteiger partial charge < -0.3 is 4.90 Å². The van der Waals surface area contributed by atoms with E-state index in [-0.39, 0.29) is 30.0 Å². The van der Waals surface area contributed by atoms with Crippen molar-refractivity contribution < 1.29 is 4.79 Å². The van der Waals surface area contributed by atoms with E-state index >= 15 is 0 Å². The zero-order valence-corrected chi connectivity index (χ0v) is 13.2. The lowest BCUT2D eigenvalue weighted by atomic mass is 10.2. The van der Waals surface area contributed by atoms with Crippen molar-refractivity contribution in [2.45, 2.75) is 13.0 Å². The van der Waals surface area contributed by atoms with Gasteiger partial charge in [-0.2, -0.15) is 0 Å². The van der Waals surface area contributed by atoms with Crippen molar-refractivity contribution in [1.29, 1.82) is 0 Å². The molecule has 24 heavy (non-hydrogen) atoms. The third kappa shape index (κ3) is 2.99. The Hall–Kier alpha value is -3.15. The molecule has 0 saturated heterocycles. The number of aryl methyl sites for hydroxylation is 1. The maximum Gasteiger partial charge on any atom is 0.273 e. The van der Waals surface area contributed by atoms with E-state index in [1.54, 1.807) is 31.3 Å². The van der Waals surface area contributed by atoms with Crippen LogP contribution in [-0.2, 0) is 11.3 Å². The highest BCUT2D eigenvalue weighted by Gasteiger charge is 2.12. The summed E-state index contributed by atoms with van der Waals surface area (Å²) in [6.45, 7) is 0.120. The molecule has 1 aromatic heterocycles. The van der Waals surface area contributed by atoms with Crippen LogP contribution < -0.4 is 16.0 Å². The lowest BCUT2D eigenvalue weighted by Gasteiger charge is -2.17. The summed E-state index contributed by atoms with van der Waals surface area (Å²) in [6.07, 6.45) is 0.111. The highest BCUT2D eigenvalue weighted by molar-refractivity contribution is 5.92. The van der Waals surface area contributed by atoms with Crippen LogP contribution in [0.4, 0.5) is 5.69 Å². The van der Waals surface area contributed by atoms with Crippen LogP contribution in [0.25, 0.3) is 10.8 Å². The number of aromatic amines is 1. The van der Waals surface area contributed by atoms with Crippen molar-refractivity contribution in [2.75, 3.05) is 11.9 Å². The van der Waals surface area contributed by atoms with E-state index in [1.165, 1.54) is 9.58 Å². The molecule has 0 bridgehead atoms. The van der Waals surface area contributed by atoms with Gasteiger partial charge in [-0.05, 0) is 24.3 Å². The zero-order chi connectivity index (χ0) is 17.1. The van der Waals surface area contributed by atoms with Crippen LogP contribution in [0.3, 0.4) is 0 Å². The first-order chi connectivity index (χ1) is 11.6. The van der Waals surface area contributed by atoms with Crippen LogP contribution in [-0.4, -0.2) is 22.7 Å². The van der Waals surface area contributed by atoms with Crippen LogP contribution in [0, 0.1) is 0 Å². The van der Waals surface area contributed by atoms with Gasteiger partial charge in [-0.3, -0.25) is 19.5 Å². The second-order valence-corrected chi connectivity index (χ2v) is 5.48. The number of H-pyrrole nitrogens is 1. The lowest BCUT2D eigenvalue weighted by molar-refractivity contribution is -0.118. The summed E-state index contributed by atoms with van der Waals surface area (Å²) in [4.78, 5) is 38.3.